The van der Waals surface area contributed by atoms with Crippen LogP contribution >= 0.6 is 0 Å². The second kappa shape index (κ2) is 13.2. The van der Waals surface area contributed by atoms with Crippen LogP contribution in [0.5, 0.6) is 11.5 Å². The number of benzene rings is 2. The van der Waals surface area contributed by atoms with Crippen molar-refractivity contribution in [1.82, 2.24) is 15.5 Å². The maximum atomic E-state index is 14.0. The van der Waals surface area contributed by atoms with E-state index in [1.54, 1.807) is 52.0 Å². The molecule has 0 aliphatic heterocycles. The predicted octanol–water partition coefficient (Wildman–Crippen LogP) is 4.45. The quantitative estimate of drug-likeness (QED) is 0.285. The zero-order chi connectivity index (χ0) is 29.4. The molecule has 3 rings (SSSR count). The number of phenolic OH excluding ortho intramolecular Hbond substituents is 2. The number of hydrogen-bond acceptors (Lipinski definition) is 6. The van der Waals surface area contributed by atoms with Crippen molar-refractivity contribution < 1.29 is 29.3 Å². The molecule has 2 aromatic rings. The Morgan fingerprint density at radius 3 is 2.30 bits per heavy atom. The summed E-state index contributed by atoms with van der Waals surface area (Å²) in [5.41, 5.74) is 0.780. The summed E-state index contributed by atoms with van der Waals surface area (Å²) >= 11 is 0. The van der Waals surface area contributed by atoms with Crippen LogP contribution in [0.1, 0.15) is 75.6 Å². The number of nitrogens with zero attached hydrogens (tertiary/aromatic N) is 1. The molecule has 2 atom stereocenters. The molecule has 9 nitrogen and oxygen atoms in total. The summed E-state index contributed by atoms with van der Waals surface area (Å²) < 4.78 is 5.39. The van der Waals surface area contributed by atoms with E-state index in [1.807, 2.05) is 0 Å². The van der Waals surface area contributed by atoms with Gasteiger partial charge in [0, 0.05) is 18.5 Å². The van der Waals surface area contributed by atoms with Crippen LogP contribution in [0.15, 0.2) is 42.5 Å². The maximum absolute atomic E-state index is 14.0. The number of aryl methyl sites for hydroxylation is 1. The second-order valence-corrected chi connectivity index (χ2v) is 11.2. The minimum Gasteiger partial charge on any atom is -0.508 e. The van der Waals surface area contributed by atoms with E-state index < -0.39 is 35.6 Å². The lowest BCUT2D eigenvalue weighted by molar-refractivity contribution is -0.139. The third-order valence-corrected chi connectivity index (χ3v) is 6.74. The molecular formula is C31H39N3O6. The van der Waals surface area contributed by atoms with Crippen molar-refractivity contribution in [3.8, 4) is 24.0 Å². The monoisotopic (exact) mass is 549 g/mol. The molecule has 1 saturated carbocycles. The van der Waals surface area contributed by atoms with Gasteiger partial charge in [-0.05, 0) is 81.5 Å². The number of amides is 3. The molecule has 0 aromatic heterocycles. The molecular weight excluding hydrogens is 510 g/mol. The van der Waals surface area contributed by atoms with Gasteiger partial charge in [-0.3, -0.25) is 14.5 Å². The molecule has 0 spiro atoms. The molecule has 9 heteroatoms. The average molecular weight is 550 g/mol. The second-order valence-electron chi connectivity index (χ2n) is 11.2. The van der Waals surface area contributed by atoms with Gasteiger partial charge in [-0.25, -0.2) is 4.79 Å². The van der Waals surface area contributed by atoms with Gasteiger partial charge in [-0.15, -0.1) is 0 Å². The van der Waals surface area contributed by atoms with E-state index in [4.69, 9.17) is 11.2 Å². The van der Waals surface area contributed by atoms with Crippen molar-refractivity contribution in [3.63, 3.8) is 0 Å². The highest BCUT2D eigenvalue weighted by Gasteiger charge is 2.37. The molecule has 0 bridgehead atoms. The van der Waals surface area contributed by atoms with Crippen molar-refractivity contribution >= 4 is 17.9 Å². The zero-order valence-electron chi connectivity index (χ0n) is 23.6. The van der Waals surface area contributed by atoms with Gasteiger partial charge in [0.15, 0.2) is 0 Å². The number of alkyl carbamates (subject to hydrolysis) is 1. The smallest absolute Gasteiger partial charge is 0.408 e. The Balaban J connectivity index is 1.98. The Morgan fingerprint density at radius 1 is 1.07 bits per heavy atom. The number of nitrogens with one attached hydrogen (secondary N) is 2. The average Bonchev–Trinajstić information content (AvgIpc) is 2.89. The molecule has 0 heterocycles. The van der Waals surface area contributed by atoms with Crippen LogP contribution in [-0.4, -0.2) is 50.7 Å². The first-order valence-corrected chi connectivity index (χ1v) is 13.5. The predicted molar refractivity (Wildman–Crippen MR) is 151 cm³/mol. The molecule has 0 saturated heterocycles. The Bertz CT molecular complexity index is 1240. The van der Waals surface area contributed by atoms with E-state index in [0.29, 0.717) is 16.7 Å². The van der Waals surface area contributed by atoms with Crippen LogP contribution in [0.25, 0.3) is 0 Å². The summed E-state index contributed by atoms with van der Waals surface area (Å²) in [6.45, 7) is 6.80. The van der Waals surface area contributed by atoms with Crippen molar-refractivity contribution in [2.45, 2.75) is 89.9 Å². The van der Waals surface area contributed by atoms with Crippen LogP contribution in [-0.2, 0) is 20.7 Å². The number of terminal acetylenes is 1. The highest BCUT2D eigenvalue weighted by atomic mass is 16.6. The molecule has 2 aromatic carbocycles. The number of carbonyl (C=O) groups is 3. The first-order chi connectivity index (χ1) is 18.9. The van der Waals surface area contributed by atoms with Crippen LogP contribution < -0.4 is 10.6 Å². The summed E-state index contributed by atoms with van der Waals surface area (Å²) in [6.07, 6.45) is 9.88. The van der Waals surface area contributed by atoms with Crippen LogP contribution in [0.2, 0.25) is 0 Å². The van der Waals surface area contributed by atoms with Gasteiger partial charge >= 0.3 is 6.09 Å². The Kier molecular flexibility index (Phi) is 10.1. The van der Waals surface area contributed by atoms with Gasteiger partial charge in [0.05, 0.1) is 0 Å². The fourth-order valence-corrected chi connectivity index (χ4v) is 4.74. The number of hydrogen-bond donors (Lipinski definition) is 4. The maximum Gasteiger partial charge on any atom is 0.408 e. The summed E-state index contributed by atoms with van der Waals surface area (Å²) in [6, 6.07) is 10.8. The fraction of sp³-hybridized carbons (Fsp3) is 0.452. The third kappa shape index (κ3) is 8.40. The van der Waals surface area contributed by atoms with E-state index >= 15 is 0 Å². The van der Waals surface area contributed by atoms with Gasteiger partial charge < -0.3 is 25.6 Å². The highest BCUT2D eigenvalue weighted by molar-refractivity contribution is 5.93. The third-order valence-electron chi connectivity index (χ3n) is 6.74. The van der Waals surface area contributed by atoms with E-state index in [0.717, 1.165) is 37.0 Å². The first-order valence-electron chi connectivity index (χ1n) is 13.5. The lowest BCUT2D eigenvalue weighted by Crippen LogP contribution is -2.53. The van der Waals surface area contributed by atoms with Gasteiger partial charge in [0.1, 0.15) is 29.2 Å². The van der Waals surface area contributed by atoms with E-state index in [1.165, 1.54) is 18.2 Å². The standard InChI is InChI=1S/C31H39N3O6/c1-6-34(27(22-14-17-26(36)20(2)18-22)28(37)32-23-10-8-7-9-11-23)29(38)25(33-30(39)40-31(3,4)5)19-21-12-15-24(35)16-13-21/h1,12-18,23,25,27,35-36H,7-11,19H2,2-5H3,(H,32,37)(H,33,39). The molecule has 1 aliphatic carbocycles. The Morgan fingerprint density at radius 2 is 1.73 bits per heavy atom. The first kappa shape index (κ1) is 30.4. The lowest BCUT2D eigenvalue weighted by atomic mass is 9.94. The molecule has 3 amide bonds. The Hall–Kier alpha value is -4.19. The number of phenols is 2. The minimum absolute atomic E-state index is 0.0299. The minimum atomic E-state index is -1.21. The van der Waals surface area contributed by atoms with Crippen molar-refractivity contribution in [2.75, 3.05) is 0 Å². The van der Waals surface area contributed by atoms with Crippen molar-refractivity contribution in [3.05, 3.63) is 59.2 Å². The number of rotatable bonds is 8. The summed E-state index contributed by atoms with van der Waals surface area (Å²) in [5.74, 6) is -1.02. The fourth-order valence-electron chi connectivity index (χ4n) is 4.74. The van der Waals surface area contributed by atoms with Crippen LogP contribution in [0.4, 0.5) is 4.79 Å². The number of aromatic hydroxyl groups is 2. The van der Waals surface area contributed by atoms with Gasteiger partial charge in [0.2, 0.25) is 5.91 Å². The number of ether oxygens (including phenoxy) is 1. The summed E-state index contributed by atoms with van der Waals surface area (Å²) in [7, 11) is 0. The topological polar surface area (TPSA) is 128 Å². The van der Waals surface area contributed by atoms with E-state index in [2.05, 4.69) is 16.7 Å². The summed E-state index contributed by atoms with van der Waals surface area (Å²) in [4.78, 5) is 41.5. The molecule has 4 N–H and O–H groups in total. The normalized spacial score (nSPS) is 15.3. The number of carbonyl (C=O) groups excluding carboxylic acids is 3. The lowest BCUT2D eigenvalue weighted by Gasteiger charge is -2.32. The van der Waals surface area contributed by atoms with E-state index in [-0.39, 0.29) is 24.0 Å². The molecule has 40 heavy (non-hydrogen) atoms. The SMILES string of the molecule is C#CN(C(=O)C(Cc1ccc(O)cc1)NC(=O)OC(C)(C)C)C(C(=O)NC1CCCCC1)c1ccc(O)c(C)c1. The molecule has 2 unspecified atom stereocenters. The van der Waals surface area contributed by atoms with Crippen LogP contribution in [0.3, 0.4) is 0 Å². The summed E-state index contributed by atoms with van der Waals surface area (Å²) in [5, 5.41) is 25.4. The van der Waals surface area contributed by atoms with Crippen molar-refractivity contribution in [2.24, 2.45) is 0 Å². The largest absolute Gasteiger partial charge is 0.508 e. The van der Waals surface area contributed by atoms with Gasteiger partial charge in [-0.1, -0.05) is 43.9 Å². The molecule has 0 radical (unpaired) electrons. The van der Waals surface area contributed by atoms with Crippen molar-refractivity contribution in [1.29, 1.82) is 0 Å². The highest BCUT2D eigenvalue weighted by Crippen LogP contribution is 2.28. The van der Waals surface area contributed by atoms with Gasteiger partial charge in [0.25, 0.3) is 5.91 Å². The molecule has 1 fully saturated rings. The molecule has 214 valence electrons. The van der Waals surface area contributed by atoms with Crippen LogP contribution in [0, 0.1) is 19.4 Å². The molecule has 1 aliphatic rings. The zero-order valence-corrected chi connectivity index (χ0v) is 23.6. The van der Waals surface area contributed by atoms with Gasteiger partial charge in [-0.2, -0.15) is 0 Å². The Labute approximate surface area is 235 Å². The van der Waals surface area contributed by atoms with E-state index in [9.17, 15) is 24.6 Å².